The molecule has 4 aromatic rings. The minimum absolute atomic E-state index is 0.233. The number of benzene rings is 1. The third kappa shape index (κ3) is 5.01. The molecule has 1 amide bonds. The molecule has 5 N–H and O–H groups in total. The minimum atomic E-state index is -0.404. The number of H-pyrrole nitrogens is 1. The summed E-state index contributed by atoms with van der Waals surface area (Å²) in [6.07, 6.45) is 5.40. The zero-order valence-electron chi connectivity index (χ0n) is 16.8. The summed E-state index contributed by atoms with van der Waals surface area (Å²) >= 11 is 0. The fourth-order valence-electron chi connectivity index (χ4n) is 3.23. The van der Waals surface area contributed by atoms with E-state index in [1.165, 1.54) is 6.33 Å². The number of aromatic nitrogens is 6. The van der Waals surface area contributed by atoms with E-state index in [0.29, 0.717) is 42.9 Å². The molecule has 0 aliphatic carbocycles. The van der Waals surface area contributed by atoms with Gasteiger partial charge in [0, 0.05) is 31.3 Å². The fourth-order valence-corrected chi connectivity index (χ4v) is 3.23. The Labute approximate surface area is 177 Å². The topological polar surface area (TPSA) is 154 Å². The summed E-state index contributed by atoms with van der Waals surface area (Å²) in [6, 6.07) is 7.81. The van der Waals surface area contributed by atoms with Gasteiger partial charge in [0.05, 0.1) is 11.8 Å². The van der Waals surface area contributed by atoms with Crippen LogP contribution in [-0.2, 0) is 11.2 Å². The van der Waals surface area contributed by atoms with Gasteiger partial charge < -0.3 is 15.6 Å². The first kappa shape index (κ1) is 20.4. The van der Waals surface area contributed by atoms with Crippen LogP contribution in [0.15, 0.2) is 36.9 Å². The molecule has 11 heteroatoms. The fraction of sp³-hybridized carbons (Fsp3) is 0.300. The molecule has 0 fully saturated rings. The van der Waals surface area contributed by atoms with Gasteiger partial charge in [-0.05, 0) is 25.0 Å². The number of aromatic amines is 1. The first-order valence-corrected chi connectivity index (χ1v) is 10.0. The van der Waals surface area contributed by atoms with Gasteiger partial charge in [0.2, 0.25) is 5.91 Å². The van der Waals surface area contributed by atoms with Gasteiger partial charge in [-0.1, -0.05) is 12.1 Å². The third-order valence-corrected chi connectivity index (χ3v) is 4.73. The number of hydrogen-bond donors (Lipinski definition) is 5. The van der Waals surface area contributed by atoms with Crippen molar-refractivity contribution in [3.05, 3.63) is 42.7 Å². The van der Waals surface area contributed by atoms with E-state index in [0.717, 1.165) is 29.0 Å². The number of imidazole rings is 1. The highest BCUT2D eigenvalue weighted by Crippen LogP contribution is 2.21. The number of carbonyl (C=O) groups is 1. The second kappa shape index (κ2) is 9.76. The molecule has 0 saturated heterocycles. The number of nitrogens with zero attached hydrogens (tertiary/aromatic N) is 5. The summed E-state index contributed by atoms with van der Waals surface area (Å²) in [5.41, 5.74) is 3.92. The van der Waals surface area contributed by atoms with Crippen molar-refractivity contribution in [2.24, 2.45) is 0 Å². The second-order valence-electron chi connectivity index (χ2n) is 6.92. The summed E-state index contributed by atoms with van der Waals surface area (Å²) in [6.45, 7) is 1.25. The highest BCUT2D eigenvalue weighted by molar-refractivity contribution is 5.89. The normalized spacial score (nSPS) is 11.0. The zero-order valence-corrected chi connectivity index (χ0v) is 16.8. The van der Waals surface area contributed by atoms with Crippen LogP contribution in [0.1, 0.15) is 25.1 Å². The van der Waals surface area contributed by atoms with E-state index in [9.17, 15) is 4.79 Å². The maximum Gasteiger partial charge on any atom is 0.243 e. The number of fused-ring (bicyclic) bond motifs is 2. The molecule has 0 unspecified atom stereocenters. The Bertz CT molecular complexity index is 1180. The number of rotatable bonds is 10. The second-order valence-corrected chi connectivity index (χ2v) is 6.92. The van der Waals surface area contributed by atoms with Crippen LogP contribution in [0, 0.1) is 0 Å². The maximum atomic E-state index is 11.2. The van der Waals surface area contributed by atoms with Crippen LogP contribution in [0.4, 0.5) is 11.6 Å². The molecule has 0 spiro atoms. The largest absolute Gasteiger partial charge is 0.369 e. The van der Waals surface area contributed by atoms with E-state index in [1.54, 1.807) is 11.8 Å². The average Bonchev–Trinajstić information content (AvgIpc) is 3.29. The predicted molar refractivity (Wildman–Crippen MR) is 116 cm³/mol. The van der Waals surface area contributed by atoms with Gasteiger partial charge in [0.15, 0.2) is 11.5 Å². The van der Waals surface area contributed by atoms with Gasteiger partial charge in [-0.3, -0.25) is 10.0 Å². The molecule has 0 radical (unpaired) electrons. The molecule has 0 saturated carbocycles. The first-order chi connectivity index (χ1) is 15.2. The molecule has 4 rings (SSSR count). The molecule has 3 aromatic heterocycles. The Morgan fingerprint density at radius 2 is 1.84 bits per heavy atom. The third-order valence-electron chi connectivity index (χ3n) is 4.73. The van der Waals surface area contributed by atoms with Crippen molar-refractivity contribution in [2.45, 2.75) is 25.7 Å². The number of para-hydroxylation sites is 1. The number of hydrogen-bond acceptors (Lipinski definition) is 9. The molecular formula is C20H23N9O2. The van der Waals surface area contributed by atoms with Crippen LogP contribution in [0.5, 0.6) is 0 Å². The molecule has 31 heavy (non-hydrogen) atoms. The Balaban J connectivity index is 1.38. The number of carbonyl (C=O) groups excluding carboxylic acids is 1. The smallest absolute Gasteiger partial charge is 0.243 e. The van der Waals surface area contributed by atoms with Crippen molar-refractivity contribution in [1.29, 1.82) is 0 Å². The summed E-state index contributed by atoms with van der Waals surface area (Å²) in [7, 11) is 0. The SMILES string of the molecule is O=C(CCCNc1nc(CCCNc2ncnc3[nH]cnc23)nc2ccccc12)NO. The lowest BCUT2D eigenvalue weighted by Crippen LogP contribution is -2.19. The molecule has 0 aliphatic heterocycles. The van der Waals surface area contributed by atoms with Crippen molar-refractivity contribution < 1.29 is 10.0 Å². The minimum Gasteiger partial charge on any atom is -0.369 e. The van der Waals surface area contributed by atoms with Crippen LogP contribution in [0.3, 0.4) is 0 Å². The summed E-state index contributed by atoms with van der Waals surface area (Å²) in [5, 5.41) is 16.1. The molecule has 160 valence electrons. The van der Waals surface area contributed by atoms with Crippen molar-refractivity contribution in [3.8, 4) is 0 Å². The van der Waals surface area contributed by atoms with Gasteiger partial charge in [-0.25, -0.2) is 30.4 Å². The lowest BCUT2D eigenvalue weighted by atomic mass is 10.2. The van der Waals surface area contributed by atoms with E-state index in [1.807, 2.05) is 24.3 Å². The van der Waals surface area contributed by atoms with Crippen molar-refractivity contribution in [2.75, 3.05) is 23.7 Å². The highest BCUT2D eigenvalue weighted by atomic mass is 16.5. The van der Waals surface area contributed by atoms with Crippen LogP contribution in [0.2, 0.25) is 0 Å². The van der Waals surface area contributed by atoms with E-state index in [-0.39, 0.29) is 6.42 Å². The van der Waals surface area contributed by atoms with Crippen LogP contribution in [0.25, 0.3) is 22.1 Å². The molecule has 3 heterocycles. The molecule has 11 nitrogen and oxygen atoms in total. The van der Waals surface area contributed by atoms with Gasteiger partial charge in [0.1, 0.15) is 23.5 Å². The van der Waals surface area contributed by atoms with Gasteiger partial charge in [0.25, 0.3) is 0 Å². The molecule has 0 bridgehead atoms. The summed E-state index contributed by atoms with van der Waals surface area (Å²) < 4.78 is 0. The van der Waals surface area contributed by atoms with E-state index >= 15 is 0 Å². The number of amides is 1. The van der Waals surface area contributed by atoms with Crippen LogP contribution in [-0.4, -0.2) is 54.1 Å². The quantitative estimate of drug-likeness (QED) is 0.147. The lowest BCUT2D eigenvalue weighted by Gasteiger charge is -2.11. The number of hydroxylamine groups is 1. The Morgan fingerprint density at radius 3 is 2.74 bits per heavy atom. The van der Waals surface area contributed by atoms with Crippen molar-refractivity contribution in [3.63, 3.8) is 0 Å². The van der Waals surface area contributed by atoms with Crippen molar-refractivity contribution >= 4 is 39.6 Å². The van der Waals surface area contributed by atoms with Crippen molar-refractivity contribution in [1.82, 2.24) is 35.4 Å². The van der Waals surface area contributed by atoms with Gasteiger partial charge >= 0.3 is 0 Å². The number of anilines is 2. The number of nitrogens with one attached hydrogen (secondary N) is 4. The Kier molecular flexibility index (Phi) is 6.43. The van der Waals surface area contributed by atoms with Gasteiger partial charge in [-0.2, -0.15) is 0 Å². The molecule has 0 aliphatic rings. The standard InChI is InChI=1S/C20H23N9O2/c30-16(29-31)8-4-10-21-18-13-5-1-2-6-14(13)27-15(28-18)7-3-9-22-19-17-20(24-11-23-17)26-12-25-19/h1-2,5-6,11-12,31H,3-4,7-10H2,(H,29,30)(H,21,27,28)(H2,22,23,24,25,26). The average molecular weight is 421 g/mol. The van der Waals surface area contributed by atoms with Crippen LogP contribution >= 0.6 is 0 Å². The predicted octanol–water partition coefficient (Wildman–Crippen LogP) is 2.04. The molecule has 1 aromatic carbocycles. The van der Waals surface area contributed by atoms with E-state index in [2.05, 4.69) is 40.5 Å². The molecular weight excluding hydrogens is 398 g/mol. The first-order valence-electron chi connectivity index (χ1n) is 10.0. The zero-order chi connectivity index (χ0) is 21.5. The Morgan fingerprint density at radius 1 is 1.00 bits per heavy atom. The summed E-state index contributed by atoms with van der Waals surface area (Å²) in [4.78, 5) is 36.1. The molecule has 0 atom stereocenters. The van der Waals surface area contributed by atoms with Crippen LogP contribution < -0.4 is 16.1 Å². The summed E-state index contributed by atoms with van der Waals surface area (Å²) in [5.74, 6) is 1.77. The van der Waals surface area contributed by atoms with E-state index < -0.39 is 5.91 Å². The van der Waals surface area contributed by atoms with E-state index in [4.69, 9.17) is 5.21 Å². The Hall–Kier alpha value is -3.86. The lowest BCUT2D eigenvalue weighted by molar-refractivity contribution is -0.129. The monoisotopic (exact) mass is 421 g/mol. The highest BCUT2D eigenvalue weighted by Gasteiger charge is 2.09. The number of aryl methyl sites for hydroxylation is 1. The maximum absolute atomic E-state index is 11.2. The van der Waals surface area contributed by atoms with Gasteiger partial charge in [-0.15, -0.1) is 0 Å².